The van der Waals surface area contributed by atoms with Crippen molar-refractivity contribution >= 4 is 17.3 Å². The third kappa shape index (κ3) is 3.40. The molecule has 2 aliphatic heterocycles. The van der Waals surface area contributed by atoms with Gasteiger partial charge >= 0.3 is 0 Å². The number of halogens is 2. The number of imidazole rings is 1. The van der Waals surface area contributed by atoms with Crippen molar-refractivity contribution in [1.29, 1.82) is 0 Å². The zero-order valence-electron chi connectivity index (χ0n) is 15.7. The first-order valence-corrected chi connectivity index (χ1v) is 9.17. The van der Waals surface area contributed by atoms with Crippen molar-refractivity contribution in [3.8, 4) is 0 Å². The van der Waals surface area contributed by atoms with Crippen LogP contribution in [0.3, 0.4) is 0 Å². The fourth-order valence-corrected chi connectivity index (χ4v) is 3.41. The minimum atomic E-state index is -3.08. The van der Waals surface area contributed by atoms with Crippen LogP contribution in [0, 0.1) is 0 Å². The van der Waals surface area contributed by atoms with Gasteiger partial charge in [-0.15, -0.1) is 0 Å². The van der Waals surface area contributed by atoms with E-state index in [1.807, 2.05) is 13.0 Å². The molecule has 0 bridgehead atoms. The van der Waals surface area contributed by atoms with E-state index in [-0.39, 0.29) is 23.3 Å². The number of hydrogen-bond donors (Lipinski definition) is 0. The number of fused-ring (bicyclic) bond motifs is 1. The molecule has 1 amide bonds. The maximum absolute atomic E-state index is 14.2. The number of carbonyl (C=O) groups excluding carboxylic acids is 1. The number of aromatic nitrogens is 2. The summed E-state index contributed by atoms with van der Waals surface area (Å²) in [6.45, 7) is 4.06. The van der Waals surface area contributed by atoms with Crippen LogP contribution in [0.4, 0.5) is 8.78 Å². The Balaban J connectivity index is 1.83. The van der Waals surface area contributed by atoms with Gasteiger partial charge in [0.05, 0.1) is 30.7 Å². The number of alkyl halides is 2. The highest BCUT2D eigenvalue weighted by Crippen LogP contribution is 2.33. The van der Waals surface area contributed by atoms with E-state index in [2.05, 4.69) is 4.98 Å². The summed E-state index contributed by atoms with van der Waals surface area (Å²) in [5.74, 6) is -2.89. The molecule has 4 rings (SSSR count). The smallest absolute Gasteiger partial charge is 0.272 e. The average molecular weight is 389 g/mol. The Bertz CT molecular complexity index is 975. The van der Waals surface area contributed by atoms with Gasteiger partial charge in [-0.2, -0.15) is 0 Å². The van der Waals surface area contributed by atoms with Crippen molar-refractivity contribution in [2.45, 2.75) is 32.3 Å². The van der Waals surface area contributed by atoms with Gasteiger partial charge in [0.25, 0.3) is 11.8 Å². The van der Waals surface area contributed by atoms with Crippen molar-refractivity contribution < 1.29 is 23.0 Å². The number of rotatable bonds is 3. The summed E-state index contributed by atoms with van der Waals surface area (Å²) >= 11 is 0. The predicted octanol–water partition coefficient (Wildman–Crippen LogP) is 3.58. The van der Waals surface area contributed by atoms with Gasteiger partial charge in [-0.3, -0.25) is 9.20 Å². The second-order valence-corrected chi connectivity index (χ2v) is 7.09. The number of carbonyl (C=O) groups is 1. The van der Waals surface area contributed by atoms with Crippen LogP contribution in [-0.4, -0.2) is 46.0 Å². The summed E-state index contributed by atoms with van der Waals surface area (Å²) < 4.78 is 40.7. The van der Waals surface area contributed by atoms with E-state index in [1.165, 1.54) is 29.1 Å². The number of allylic oxidation sites excluding steroid dienone is 2. The molecule has 2 aromatic heterocycles. The van der Waals surface area contributed by atoms with Crippen LogP contribution in [0.25, 0.3) is 11.4 Å². The molecule has 0 aliphatic carbocycles. The number of amides is 1. The van der Waals surface area contributed by atoms with Crippen LogP contribution >= 0.6 is 0 Å². The van der Waals surface area contributed by atoms with Crippen LogP contribution < -0.4 is 0 Å². The van der Waals surface area contributed by atoms with Gasteiger partial charge in [-0.05, 0) is 31.6 Å². The average Bonchev–Trinajstić information content (AvgIpc) is 3.10. The Kier molecular flexibility index (Phi) is 4.66. The maximum Gasteiger partial charge on any atom is 0.272 e. The molecule has 6 nitrogen and oxygen atoms in total. The molecule has 8 heteroatoms. The molecule has 0 radical (unpaired) electrons. The molecule has 1 unspecified atom stereocenters. The molecule has 28 heavy (non-hydrogen) atoms. The van der Waals surface area contributed by atoms with E-state index < -0.39 is 5.92 Å². The van der Waals surface area contributed by atoms with Gasteiger partial charge in [-0.1, -0.05) is 0 Å². The lowest BCUT2D eigenvalue weighted by molar-refractivity contribution is -0.0126. The zero-order chi connectivity index (χ0) is 19.9. The summed E-state index contributed by atoms with van der Waals surface area (Å²) in [5, 5.41) is 0. The van der Waals surface area contributed by atoms with Gasteiger partial charge in [0.15, 0.2) is 0 Å². The molecule has 0 saturated carbocycles. The largest absolute Gasteiger partial charge is 0.465 e. The topological polar surface area (TPSA) is 56.1 Å². The highest BCUT2D eigenvalue weighted by atomic mass is 19.3. The molecule has 0 spiro atoms. The van der Waals surface area contributed by atoms with Crippen molar-refractivity contribution in [2.75, 3.05) is 19.7 Å². The van der Waals surface area contributed by atoms with Gasteiger partial charge < -0.3 is 14.4 Å². The predicted molar refractivity (Wildman–Crippen MR) is 98.9 cm³/mol. The Morgan fingerprint density at radius 2 is 2.21 bits per heavy atom. The van der Waals surface area contributed by atoms with E-state index in [0.29, 0.717) is 43.1 Å². The normalized spacial score (nSPS) is 20.2. The molecular formula is C20H21F2N3O3. The highest BCUT2D eigenvalue weighted by molar-refractivity contribution is 5.94. The van der Waals surface area contributed by atoms with E-state index in [4.69, 9.17) is 9.47 Å². The fourth-order valence-electron chi connectivity index (χ4n) is 3.41. The van der Waals surface area contributed by atoms with E-state index >= 15 is 0 Å². The first-order chi connectivity index (χ1) is 13.3. The number of pyridine rings is 1. The Morgan fingerprint density at radius 1 is 1.39 bits per heavy atom. The van der Waals surface area contributed by atoms with Gasteiger partial charge in [-0.25, -0.2) is 13.8 Å². The summed E-state index contributed by atoms with van der Waals surface area (Å²) in [6.07, 6.45) is 8.40. The molecule has 148 valence electrons. The Morgan fingerprint density at radius 3 is 2.89 bits per heavy atom. The first-order valence-electron chi connectivity index (χ1n) is 9.17. The minimum Gasteiger partial charge on any atom is -0.465 e. The first kappa shape index (κ1) is 18.6. The van der Waals surface area contributed by atoms with E-state index in [0.717, 1.165) is 6.92 Å². The maximum atomic E-state index is 14.2. The number of nitrogens with zero attached hydrogens (tertiary/aromatic N) is 3. The number of hydrogen-bond acceptors (Lipinski definition) is 4. The number of ether oxygens (including phenoxy) is 2. The third-order valence-corrected chi connectivity index (χ3v) is 4.86. The standard InChI is InChI=1S/C20H21F2N3O3/c1-13-11-24(6-8-27-13)19(26)16-10-23-18-15(17-5-3-4-7-28-17)9-14(12-25(16)18)20(2,21)22/h4-5,7,9-10,12-13H,3,6,8,11H2,1-2H3. The lowest BCUT2D eigenvalue weighted by atomic mass is 10.1. The van der Waals surface area contributed by atoms with Crippen molar-refractivity contribution in [3.63, 3.8) is 0 Å². The van der Waals surface area contributed by atoms with E-state index in [1.54, 1.807) is 11.0 Å². The summed E-state index contributed by atoms with van der Waals surface area (Å²) in [6, 6.07) is 1.37. The Hall–Kier alpha value is -2.74. The molecule has 4 heterocycles. The number of morpholine rings is 1. The molecule has 2 aromatic rings. The summed E-state index contributed by atoms with van der Waals surface area (Å²) in [5.41, 5.74) is 0.858. The third-order valence-electron chi connectivity index (χ3n) is 4.86. The molecule has 1 fully saturated rings. The second-order valence-electron chi connectivity index (χ2n) is 7.09. The monoisotopic (exact) mass is 389 g/mol. The Labute approximate surface area is 161 Å². The van der Waals surface area contributed by atoms with Crippen LogP contribution in [-0.2, 0) is 15.4 Å². The molecule has 2 aliphatic rings. The second kappa shape index (κ2) is 7.01. The van der Waals surface area contributed by atoms with Crippen molar-refractivity contribution in [3.05, 3.63) is 53.7 Å². The van der Waals surface area contributed by atoms with E-state index in [9.17, 15) is 13.6 Å². The lowest BCUT2D eigenvalue weighted by Crippen LogP contribution is -2.44. The molecule has 0 aromatic carbocycles. The molecule has 1 saturated heterocycles. The van der Waals surface area contributed by atoms with Gasteiger partial charge in [0, 0.05) is 31.8 Å². The van der Waals surface area contributed by atoms with Crippen LogP contribution in [0.15, 0.2) is 36.9 Å². The molecular weight excluding hydrogens is 368 g/mol. The minimum absolute atomic E-state index is 0.0736. The summed E-state index contributed by atoms with van der Waals surface area (Å²) in [4.78, 5) is 19.0. The van der Waals surface area contributed by atoms with Gasteiger partial charge in [0.1, 0.15) is 17.1 Å². The summed E-state index contributed by atoms with van der Waals surface area (Å²) in [7, 11) is 0. The molecule has 1 atom stereocenters. The highest BCUT2D eigenvalue weighted by Gasteiger charge is 2.30. The van der Waals surface area contributed by atoms with Crippen LogP contribution in [0.2, 0.25) is 0 Å². The molecule has 0 N–H and O–H groups in total. The van der Waals surface area contributed by atoms with Crippen LogP contribution in [0.1, 0.15) is 41.9 Å². The SMILES string of the molecule is CC1CN(C(=O)c2cnc3c(C4=CCC=CO4)cc(C(C)(F)F)cn23)CCO1. The van der Waals surface area contributed by atoms with Crippen LogP contribution in [0.5, 0.6) is 0 Å². The van der Waals surface area contributed by atoms with Crippen molar-refractivity contribution in [1.82, 2.24) is 14.3 Å². The zero-order valence-corrected chi connectivity index (χ0v) is 15.7. The van der Waals surface area contributed by atoms with Crippen molar-refractivity contribution in [2.24, 2.45) is 0 Å². The lowest BCUT2D eigenvalue weighted by Gasteiger charge is -2.31. The quantitative estimate of drug-likeness (QED) is 0.805. The fraction of sp³-hybridized carbons (Fsp3) is 0.400. The van der Waals surface area contributed by atoms with Gasteiger partial charge in [0.2, 0.25) is 0 Å².